The van der Waals surface area contributed by atoms with Crippen LogP contribution in [0.1, 0.15) is 15.9 Å². The second-order valence-electron chi connectivity index (χ2n) is 6.05. The van der Waals surface area contributed by atoms with E-state index in [0.29, 0.717) is 30.0 Å². The molecule has 1 atom stereocenters. The van der Waals surface area contributed by atoms with Gasteiger partial charge in [0.25, 0.3) is 0 Å². The van der Waals surface area contributed by atoms with Gasteiger partial charge in [0.1, 0.15) is 0 Å². The van der Waals surface area contributed by atoms with E-state index in [9.17, 15) is 4.79 Å². The lowest BCUT2D eigenvalue weighted by Gasteiger charge is -2.21. The molecule has 0 saturated heterocycles. The van der Waals surface area contributed by atoms with Crippen molar-refractivity contribution in [1.29, 1.82) is 0 Å². The number of nitrogens with zero attached hydrogens (tertiary/aromatic N) is 1. The number of para-hydroxylation sites is 1. The lowest BCUT2D eigenvalue weighted by Crippen LogP contribution is -2.30. The molecule has 0 aliphatic carbocycles. The van der Waals surface area contributed by atoms with Gasteiger partial charge in [0.15, 0.2) is 17.3 Å². The Morgan fingerprint density at radius 3 is 2.29 bits per heavy atom. The quantitative estimate of drug-likeness (QED) is 0.697. The molecule has 0 aromatic heterocycles. The van der Waals surface area contributed by atoms with Gasteiger partial charge in [-0.05, 0) is 38.2 Å². The molecule has 0 N–H and O–H groups in total. The van der Waals surface area contributed by atoms with E-state index in [0.717, 1.165) is 5.56 Å². The van der Waals surface area contributed by atoms with Crippen LogP contribution in [0.4, 0.5) is 0 Å². The Balaban J connectivity index is 2.34. The summed E-state index contributed by atoms with van der Waals surface area (Å²) in [5.41, 5.74) is 1.72. The molecule has 0 bridgehead atoms. The number of ether oxygens (including phenoxy) is 2. The third-order valence-electron chi connectivity index (χ3n) is 3.95. The van der Waals surface area contributed by atoms with Gasteiger partial charge >= 0.3 is 0 Å². The highest BCUT2D eigenvalue weighted by Gasteiger charge is 2.25. The van der Waals surface area contributed by atoms with E-state index in [1.165, 1.54) is 0 Å². The minimum atomic E-state index is -0.150. The first kappa shape index (κ1) is 18.0. The first-order valence-electron chi connectivity index (χ1n) is 8.00. The fourth-order valence-corrected chi connectivity index (χ4v) is 2.88. The average molecular weight is 327 g/mol. The van der Waals surface area contributed by atoms with Crippen molar-refractivity contribution in [2.75, 3.05) is 34.9 Å². The highest BCUT2D eigenvalue weighted by molar-refractivity contribution is 6.01. The maximum atomic E-state index is 13.2. The number of hydrogen-bond acceptors (Lipinski definition) is 4. The van der Waals surface area contributed by atoms with Gasteiger partial charge in [-0.2, -0.15) is 0 Å². The van der Waals surface area contributed by atoms with E-state index < -0.39 is 0 Å². The number of methoxy groups -OCH3 is 2. The molecule has 0 aliphatic heterocycles. The van der Waals surface area contributed by atoms with Crippen LogP contribution in [0.2, 0.25) is 0 Å². The van der Waals surface area contributed by atoms with Crippen molar-refractivity contribution in [1.82, 2.24) is 4.90 Å². The average Bonchev–Trinajstić information content (AvgIpc) is 2.60. The summed E-state index contributed by atoms with van der Waals surface area (Å²) in [6, 6.07) is 15.5. The minimum absolute atomic E-state index is 0.0725. The van der Waals surface area contributed by atoms with Crippen LogP contribution in [-0.4, -0.2) is 45.5 Å². The van der Waals surface area contributed by atoms with E-state index >= 15 is 0 Å². The van der Waals surface area contributed by atoms with Gasteiger partial charge in [-0.3, -0.25) is 4.79 Å². The summed E-state index contributed by atoms with van der Waals surface area (Å²) in [5, 5.41) is 0. The summed E-state index contributed by atoms with van der Waals surface area (Å²) in [6.45, 7) is 0.675. The maximum Gasteiger partial charge on any atom is 0.171 e. The Morgan fingerprint density at radius 2 is 1.71 bits per heavy atom. The van der Waals surface area contributed by atoms with Crippen LogP contribution in [0.3, 0.4) is 0 Å². The maximum absolute atomic E-state index is 13.2. The Morgan fingerprint density at radius 1 is 1.00 bits per heavy atom. The monoisotopic (exact) mass is 327 g/mol. The molecule has 0 spiro atoms. The van der Waals surface area contributed by atoms with Gasteiger partial charge in [-0.15, -0.1) is 0 Å². The zero-order chi connectivity index (χ0) is 17.5. The first-order valence-corrected chi connectivity index (χ1v) is 8.00. The molecule has 24 heavy (non-hydrogen) atoms. The summed E-state index contributed by atoms with van der Waals surface area (Å²) in [7, 11) is 7.10. The van der Waals surface area contributed by atoms with Crippen LogP contribution >= 0.6 is 0 Å². The van der Waals surface area contributed by atoms with E-state index in [2.05, 4.69) is 12.1 Å². The lowest BCUT2D eigenvalue weighted by atomic mass is 9.90. The smallest absolute Gasteiger partial charge is 0.171 e. The van der Waals surface area contributed by atoms with Crippen molar-refractivity contribution in [3.63, 3.8) is 0 Å². The standard InChI is InChI=1S/C20H25NO3/c1-21(2)14-16(13-15-9-6-5-7-10-15)19(22)17-11-8-12-18(23-3)20(17)24-4/h5-12,16H,13-14H2,1-4H3/t16-/m0/s1. The van der Waals surface area contributed by atoms with Crippen molar-refractivity contribution in [2.45, 2.75) is 6.42 Å². The van der Waals surface area contributed by atoms with Crippen LogP contribution in [0.15, 0.2) is 48.5 Å². The fourth-order valence-electron chi connectivity index (χ4n) is 2.88. The molecule has 0 unspecified atom stereocenters. The van der Waals surface area contributed by atoms with E-state index in [4.69, 9.17) is 9.47 Å². The van der Waals surface area contributed by atoms with Crippen molar-refractivity contribution in [3.8, 4) is 11.5 Å². The molecule has 0 fully saturated rings. The topological polar surface area (TPSA) is 38.8 Å². The highest BCUT2D eigenvalue weighted by Crippen LogP contribution is 2.32. The van der Waals surface area contributed by atoms with E-state index in [-0.39, 0.29) is 11.7 Å². The van der Waals surface area contributed by atoms with Crippen LogP contribution in [0.5, 0.6) is 11.5 Å². The molecule has 2 aromatic rings. The van der Waals surface area contributed by atoms with Gasteiger partial charge < -0.3 is 14.4 Å². The third kappa shape index (κ3) is 4.36. The van der Waals surface area contributed by atoms with E-state index in [1.807, 2.05) is 43.3 Å². The molecule has 2 aromatic carbocycles. The summed E-state index contributed by atoms with van der Waals surface area (Å²) < 4.78 is 10.8. The van der Waals surface area contributed by atoms with Gasteiger partial charge in [0.2, 0.25) is 0 Å². The van der Waals surface area contributed by atoms with Crippen LogP contribution < -0.4 is 9.47 Å². The second-order valence-corrected chi connectivity index (χ2v) is 6.05. The Labute approximate surface area is 144 Å². The van der Waals surface area contributed by atoms with Crippen molar-refractivity contribution in [2.24, 2.45) is 5.92 Å². The predicted molar refractivity (Wildman–Crippen MR) is 96.1 cm³/mol. The van der Waals surface area contributed by atoms with Crippen LogP contribution in [0, 0.1) is 5.92 Å². The van der Waals surface area contributed by atoms with Gasteiger partial charge in [-0.25, -0.2) is 0 Å². The molecular formula is C20H25NO3. The number of hydrogen-bond donors (Lipinski definition) is 0. The third-order valence-corrected chi connectivity index (χ3v) is 3.95. The molecule has 0 heterocycles. The molecule has 128 valence electrons. The number of carbonyl (C=O) groups excluding carboxylic acids is 1. The number of ketones is 1. The molecule has 0 radical (unpaired) electrons. The fraction of sp³-hybridized carbons (Fsp3) is 0.350. The number of benzene rings is 2. The molecule has 0 aliphatic rings. The largest absolute Gasteiger partial charge is 0.493 e. The molecule has 0 amide bonds. The van der Waals surface area contributed by atoms with Gasteiger partial charge in [-0.1, -0.05) is 36.4 Å². The summed E-state index contributed by atoms with van der Waals surface area (Å²) >= 11 is 0. The normalized spacial score (nSPS) is 12.0. The number of carbonyl (C=O) groups is 1. The van der Waals surface area contributed by atoms with Crippen LogP contribution in [0.25, 0.3) is 0 Å². The van der Waals surface area contributed by atoms with Crippen molar-refractivity contribution >= 4 is 5.78 Å². The van der Waals surface area contributed by atoms with Crippen LogP contribution in [-0.2, 0) is 6.42 Å². The number of Topliss-reactive ketones (excluding diaryl/α,β-unsaturated/α-hetero) is 1. The molecule has 0 saturated carbocycles. The first-order chi connectivity index (χ1) is 11.6. The lowest BCUT2D eigenvalue weighted by molar-refractivity contribution is 0.0893. The number of rotatable bonds is 8. The molecule has 4 heteroatoms. The Kier molecular flexibility index (Phi) is 6.38. The molecule has 4 nitrogen and oxygen atoms in total. The van der Waals surface area contributed by atoms with Gasteiger partial charge in [0.05, 0.1) is 19.8 Å². The Bertz CT molecular complexity index is 668. The molecule has 2 rings (SSSR count). The predicted octanol–water partition coefficient (Wildman–Crippen LogP) is 3.31. The van der Waals surface area contributed by atoms with Gasteiger partial charge in [0, 0.05) is 12.5 Å². The zero-order valence-electron chi connectivity index (χ0n) is 14.8. The summed E-state index contributed by atoms with van der Waals surface area (Å²) in [6.07, 6.45) is 0.693. The molecular weight excluding hydrogens is 302 g/mol. The minimum Gasteiger partial charge on any atom is -0.493 e. The Hall–Kier alpha value is -2.33. The summed E-state index contributed by atoms with van der Waals surface area (Å²) in [5.74, 6) is 1.00. The van der Waals surface area contributed by atoms with Crippen molar-refractivity contribution < 1.29 is 14.3 Å². The highest BCUT2D eigenvalue weighted by atomic mass is 16.5. The summed E-state index contributed by atoms with van der Waals surface area (Å²) in [4.78, 5) is 15.2. The van der Waals surface area contributed by atoms with E-state index in [1.54, 1.807) is 26.4 Å². The SMILES string of the molecule is COc1cccc(C(=O)[C@@H](Cc2ccccc2)CN(C)C)c1OC. The second kappa shape index (κ2) is 8.50. The van der Waals surface area contributed by atoms with Crippen molar-refractivity contribution in [3.05, 3.63) is 59.7 Å². The zero-order valence-corrected chi connectivity index (χ0v) is 14.8.